The van der Waals surface area contributed by atoms with E-state index in [1.54, 1.807) is 16.7 Å². The van der Waals surface area contributed by atoms with E-state index in [0.29, 0.717) is 38.5 Å². The van der Waals surface area contributed by atoms with Crippen LogP contribution >= 0.6 is 11.8 Å². The number of carboxylic acid groups (broad SMARTS) is 1. The summed E-state index contributed by atoms with van der Waals surface area (Å²) in [7, 11) is 0. The van der Waals surface area contributed by atoms with Crippen LogP contribution in [0.3, 0.4) is 0 Å². The Balaban J connectivity index is 2.42. The molecule has 2 N–H and O–H groups in total. The van der Waals surface area contributed by atoms with Gasteiger partial charge in [-0.25, -0.2) is 9.59 Å². The number of nitrogens with one attached hydrogen (secondary N) is 1. The quantitative estimate of drug-likeness (QED) is 0.741. The molecule has 0 radical (unpaired) electrons. The number of hydrogen-bond acceptors (Lipinski definition) is 4. The van der Waals surface area contributed by atoms with Gasteiger partial charge in [0, 0.05) is 13.1 Å². The van der Waals surface area contributed by atoms with Crippen molar-refractivity contribution < 1.29 is 19.4 Å². The molecule has 2 amide bonds. The summed E-state index contributed by atoms with van der Waals surface area (Å²) in [6.45, 7) is 2.05. The van der Waals surface area contributed by atoms with E-state index >= 15 is 0 Å². The first-order valence-electron chi connectivity index (χ1n) is 5.50. The third-order valence-corrected chi connectivity index (χ3v) is 3.15. The maximum absolute atomic E-state index is 11.8. The van der Waals surface area contributed by atoms with Crippen molar-refractivity contribution in [1.82, 2.24) is 10.2 Å². The van der Waals surface area contributed by atoms with Crippen LogP contribution in [0.2, 0.25) is 0 Å². The lowest BCUT2D eigenvalue weighted by atomic mass is 10.2. The minimum Gasteiger partial charge on any atom is -0.480 e. The van der Waals surface area contributed by atoms with Crippen molar-refractivity contribution in [2.45, 2.75) is 12.5 Å². The number of carbonyl (C=O) groups is 2. The lowest BCUT2D eigenvalue weighted by Gasteiger charge is -2.28. The van der Waals surface area contributed by atoms with E-state index in [4.69, 9.17) is 9.84 Å². The Kier molecular flexibility index (Phi) is 6.13. The number of ether oxygens (including phenoxy) is 1. The molecule has 17 heavy (non-hydrogen) atoms. The maximum Gasteiger partial charge on any atom is 0.326 e. The Morgan fingerprint density at radius 1 is 1.47 bits per heavy atom. The molecule has 1 fully saturated rings. The Morgan fingerprint density at radius 2 is 2.12 bits per heavy atom. The van der Waals surface area contributed by atoms with E-state index < -0.39 is 12.0 Å². The Morgan fingerprint density at radius 3 is 2.65 bits per heavy atom. The topological polar surface area (TPSA) is 78.9 Å². The highest BCUT2D eigenvalue weighted by atomic mass is 32.2. The van der Waals surface area contributed by atoms with Crippen LogP contribution in [-0.4, -0.2) is 66.4 Å². The average Bonchev–Trinajstić information content (AvgIpc) is 2.35. The van der Waals surface area contributed by atoms with Gasteiger partial charge >= 0.3 is 12.0 Å². The van der Waals surface area contributed by atoms with Gasteiger partial charge in [-0.1, -0.05) is 0 Å². The first-order chi connectivity index (χ1) is 8.15. The third-order valence-electron chi connectivity index (χ3n) is 2.50. The van der Waals surface area contributed by atoms with Crippen LogP contribution in [0, 0.1) is 0 Å². The van der Waals surface area contributed by atoms with Crippen LogP contribution in [-0.2, 0) is 9.53 Å². The van der Waals surface area contributed by atoms with Crippen molar-refractivity contribution in [2.24, 2.45) is 0 Å². The van der Waals surface area contributed by atoms with Crippen molar-refractivity contribution in [1.29, 1.82) is 0 Å². The monoisotopic (exact) mass is 262 g/mol. The Hall–Kier alpha value is -0.950. The van der Waals surface area contributed by atoms with E-state index in [9.17, 15) is 9.59 Å². The van der Waals surface area contributed by atoms with Crippen LogP contribution in [0.1, 0.15) is 6.42 Å². The number of aliphatic carboxylic acids is 1. The normalized spacial score (nSPS) is 17.6. The molecular weight excluding hydrogens is 244 g/mol. The SMILES string of the molecule is CSCC[C@@H](NC(=O)N1CCOCC1)C(=O)O. The number of urea groups is 1. The number of rotatable bonds is 5. The first kappa shape index (κ1) is 14.1. The predicted octanol–water partition coefficient (Wildman–Crippen LogP) is 0.234. The molecular formula is C10H18N2O4S. The summed E-state index contributed by atoms with van der Waals surface area (Å²) >= 11 is 1.56. The van der Waals surface area contributed by atoms with Crippen LogP contribution in [0.5, 0.6) is 0 Å². The molecule has 1 heterocycles. The lowest BCUT2D eigenvalue weighted by molar-refractivity contribution is -0.139. The average molecular weight is 262 g/mol. The molecule has 0 unspecified atom stereocenters. The molecule has 0 aromatic heterocycles. The summed E-state index contributed by atoms with van der Waals surface area (Å²) in [5.41, 5.74) is 0. The van der Waals surface area contributed by atoms with E-state index in [-0.39, 0.29) is 6.03 Å². The fourth-order valence-corrected chi connectivity index (χ4v) is 1.97. The van der Waals surface area contributed by atoms with E-state index in [1.807, 2.05) is 6.26 Å². The molecule has 0 saturated carbocycles. The molecule has 7 heteroatoms. The van der Waals surface area contributed by atoms with Crippen molar-refractivity contribution in [3.05, 3.63) is 0 Å². The minimum atomic E-state index is -0.986. The number of amides is 2. The number of carboxylic acids is 1. The number of carbonyl (C=O) groups excluding carboxylic acids is 1. The molecule has 1 saturated heterocycles. The zero-order valence-corrected chi connectivity index (χ0v) is 10.7. The summed E-state index contributed by atoms with van der Waals surface area (Å²) in [5.74, 6) is -0.277. The Labute approximate surface area is 105 Å². The van der Waals surface area contributed by atoms with Crippen LogP contribution in [0.4, 0.5) is 4.79 Å². The van der Waals surface area contributed by atoms with Crippen molar-refractivity contribution >= 4 is 23.8 Å². The third kappa shape index (κ3) is 4.82. The summed E-state index contributed by atoms with van der Waals surface area (Å²) < 4.78 is 5.13. The highest BCUT2D eigenvalue weighted by Gasteiger charge is 2.23. The first-order valence-corrected chi connectivity index (χ1v) is 6.89. The molecule has 0 aromatic rings. The van der Waals surface area contributed by atoms with Crippen molar-refractivity contribution in [3.63, 3.8) is 0 Å². The van der Waals surface area contributed by atoms with Gasteiger partial charge in [-0.3, -0.25) is 0 Å². The second-order valence-corrected chi connectivity index (χ2v) is 4.71. The van der Waals surface area contributed by atoms with Gasteiger partial charge in [0.05, 0.1) is 13.2 Å². The zero-order valence-electron chi connectivity index (χ0n) is 9.85. The molecule has 6 nitrogen and oxygen atoms in total. The number of thioether (sulfide) groups is 1. The van der Waals surface area contributed by atoms with Crippen molar-refractivity contribution in [3.8, 4) is 0 Å². The summed E-state index contributed by atoms with van der Waals surface area (Å²) in [6, 6.07) is -1.13. The van der Waals surface area contributed by atoms with E-state index in [2.05, 4.69) is 5.32 Å². The van der Waals surface area contributed by atoms with Gasteiger partial charge in [0.25, 0.3) is 0 Å². The van der Waals surface area contributed by atoms with Gasteiger partial charge in [0.1, 0.15) is 6.04 Å². The standard InChI is InChI=1S/C10H18N2O4S/c1-17-7-2-8(9(13)14)11-10(15)12-3-5-16-6-4-12/h8H,2-7H2,1H3,(H,11,15)(H,13,14)/t8-/m1/s1. The molecule has 98 valence electrons. The summed E-state index contributed by atoms with van der Waals surface area (Å²) in [6.07, 6.45) is 2.34. The van der Waals surface area contributed by atoms with Gasteiger partial charge in [0.2, 0.25) is 0 Å². The predicted molar refractivity (Wildman–Crippen MR) is 65.3 cm³/mol. The highest BCUT2D eigenvalue weighted by Crippen LogP contribution is 2.03. The number of nitrogens with zero attached hydrogens (tertiary/aromatic N) is 1. The van der Waals surface area contributed by atoms with Gasteiger partial charge < -0.3 is 20.1 Å². The van der Waals surface area contributed by atoms with Crippen molar-refractivity contribution in [2.75, 3.05) is 38.3 Å². The van der Waals surface area contributed by atoms with Gasteiger partial charge in [-0.15, -0.1) is 0 Å². The fourth-order valence-electron chi connectivity index (χ4n) is 1.50. The van der Waals surface area contributed by atoms with Crippen LogP contribution in [0.25, 0.3) is 0 Å². The van der Waals surface area contributed by atoms with E-state index in [0.717, 1.165) is 0 Å². The molecule has 1 rings (SSSR count). The largest absolute Gasteiger partial charge is 0.480 e. The lowest BCUT2D eigenvalue weighted by Crippen LogP contribution is -2.51. The molecule has 1 aliphatic rings. The zero-order chi connectivity index (χ0) is 12.7. The maximum atomic E-state index is 11.8. The van der Waals surface area contributed by atoms with Crippen LogP contribution < -0.4 is 5.32 Å². The number of morpholine rings is 1. The van der Waals surface area contributed by atoms with E-state index in [1.165, 1.54) is 0 Å². The summed E-state index contributed by atoms with van der Waals surface area (Å²) in [4.78, 5) is 24.3. The fraction of sp³-hybridized carbons (Fsp3) is 0.800. The molecule has 0 aliphatic carbocycles. The van der Waals surface area contributed by atoms with Gasteiger partial charge in [0.15, 0.2) is 0 Å². The molecule has 1 atom stereocenters. The molecule has 1 aliphatic heterocycles. The smallest absolute Gasteiger partial charge is 0.326 e. The minimum absolute atomic E-state index is 0.318. The van der Waals surface area contributed by atoms with Gasteiger partial charge in [-0.2, -0.15) is 11.8 Å². The molecule has 0 aromatic carbocycles. The van der Waals surface area contributed by atoms with Gasteiger partial charge in [-0.05, 0) is 18.4 Å². The highest BCUT2D eigenvalue weighted by molar-refractivity contribution is 7.98. The second kappa shape index (κ2) is 7.39. The molecule has 0 bridgehead atoms. The number of hydrogen-bond donors (Lipinski definition) is 2. The Bertz CT molecular complexity index is 269. The summed E-state index contributed by atoms with van der Waals surface area (Å²) in [5, 5.41) is 11.5. The second-order valence-electron chi connectivity index (χ2n) is 3.72. The van der Waals surface area contributed by atoms with Crippen LogP contribution in [0.15, 0.2) is 0 Å². The molecule has 0 spiro atoms.